The van der Waals surface area contributed by atoms with Gasteiger partial charge in [-0.25, -0.2) is 4.79 Å². The number of nitrogens with zero attached hydrogens (tertiary/aromatic N) is 1. The zero-order chi connectivity index (χ0) is 14.3. The predicted molar refractivity (Wildman–Crippen MR) is 74.8 cm³/mol. The van der Waals surface area contributed by atoms with Gasteiger partial charge in [0, 0.05) is 24.6 Å². The van der Waals surface area contributed by atoms with Crippen LogP contribution in [-0.4, -0.2) is 30.3 Å². The van der Waals surface area contributed by atoms with Crippen molar-refractivity contribution in [2.75, 3.05) is 13.7 Å². The molecule has 2 amide bonds. The molecule has 1 fully saturated rings. The van der Waals surface area contributed by atoms with E-state index in [-0.39, 0.29) is 12.1 Å². The first kappa shape index (κ1) is 12.8. The van der Waals surface area contributed by atoms with E-state index in [1.165, 1.54) is 0 Å². The van der Waals surface area contributed by atoms with Crippen LogP contribution in [0.15, 0.2) is 30.9 Å². The van der Waals surface area contributed by atoms with Gasteiger partial charge < -0.3 is 14.8 Å². The van der Waals surface area contributed by atoms with Gasteiger partial charge in [-0.3, -0.25) is 4.90 Å². The summed E-state index contributed by atoms with van der Waals surface area (Å²) in [7, 11) is 1.62. The van der Waals surface area contributed by atoms with E-state index in [0.29, 0.717) is 13.0 Å². The Labute approximate surface area is 118 Å². The second kappa shape index (κ2) is 4.44. The van der Waals surface area contributed by atoms with Gasteiger partial charge in [-0.05, 0) is 19.1 Å². The molecule has 2 aliphatic heterocycles. The van der Waals surface area contributed by atoms with Gasteiger partial charge in [0.1, 0.15) is 11.5 Å². The Morgan fingerprint density at radius 1 is 1.65 bits per heavy atom. The first-order valence-electron chi connectivity index (χ1n) is 6.63. The van der Waals surface area contributed by atoms with Crippen LogP contribution in [-0.2, 0) is 0 Å². The Bertz CT molecular complexity index is 572. The highest BCUT2D eigenvalue weighted by Gasteiger charge is 2.48. The lowest BCUT2D eigenvalue weighted by molar-refractivity contribution is -0.0788. The van der Waals surface area contributed by atoms with Crippen LogP contribution in [0.5, 0.6) is 11.5 Å². The van der Waals surface area contributed by atoms with E-state index < -0.39 is 5.72 Å². The van der Waals surface area contributed by atoms with Crippen molar-refractivity contribution in [3.63, 3.8) is 0 Å². The number of amides is 2. The molecule has 1 N–H and O–H groups in total. The maximum atomic E-state index is 12.2. The summed E-state index contributed by atoms with van der Waals surface area (Å²) in [4.78, 5) is 13.9. The number of fused-ring (bicyclic) bond motifs is 4. The lowest BCUT2D eigenvalue weighted by atomic mass is 9.90. The van der Waals surface area contributed by atoms with Gasteiger partial charge in [-0.15, -0.1) is 6.58 Å². The first-order valence-corrected chi connectivity index (χ1v) is 6.63. The maximum absolute atomic E-state index is 12.2. The minimum Gasteiger partial charge on any atom is -0.497 e. The third-order valence-corrected chi connectivity index (χ3v) is 3.93. The second-order valence-corrected chi connectivity index (χ2v) is 5.29. The van der Waals surface area contributed by atoms with Crippen molar-refractivity contribution in [3.8, 4) is 11.5 Å². The topological polar surface area (TPSA) is 50.8 Å². The van der Waals surface area contributed by atoms with E-state index >= 15 is 0 Å². The van der Waals surface area contributed by atoms with Crippen LogP contribution >= 0.6 is 0 Å². The lowest BCUT2D eigenvalue weighted by Gasteiger charge is -2.50. The lowest BCUT2D eigenvalue weighted by Crippen LogP contribution is -2.64. The monoisotopic (exact) mass is 274 g/mol. The fourth-order valence-electron chi connectivity index (χ4n) is 2.93. The van der Waals surface area contributed by atoms with Crippen LogP contribution in [0.1, 0.15) is 24.9 Å². The number of carbonyl (C=O) groups is 1. The highest BCUT2D eigenvalue weighted by molar-refractivity contribution is 5.77. The molecule has 1 aromatic rings. The van der Waals surface area contributed by atoms with Crippen molar-refractivity contribution in [1.82, 2.24) is 10.2 Å². The molecule has 0 radical (unpaired) electrons. The number of hydrogen-bond acceptors (Lipinski definition) is 3. The Morgan fingerprint density at radius 3 is 3.15 bits per heavy atom. The molecule has 1 aromatic carbocycles. The van der Waals surface area contributed by atoms with Crippen LogP contribution < -0.4 is 14.8 Å². The molecule has 3 rings (SSSR count). The largest absolute Gasteiger partial charge is 0.497 e. The zero-order valence-electron chi connectivity index (χ0n) is 11.7. The van der Waals surface area contributed by atoms with Crippen molar-refractivity contribution in [3.05, 3.63) is 36.4 Å². The highest BCUT2D eigenvalue weighted by Crippen LogP contribution is 2.45. The van der Waals surface area contributed by atoms with Crippen molar-refractivity contribution in [2.24, 2.45) is 0 Å². The van der Waals surface area contributed by atoms with Gasteiger partial charge in [-0.2, -0.15) is 0 Å². The van der Waals surface area contributed by atoms with E-state index in [9.17, 15) is 4.79 Å². The molecule has 0 aromatic heterocycles. The Hall–Kier alpha value is -2.17. The van der Waals surface area contributed by atoms with Crippen molar-refractivity contribution in [2.45, 2.75) is 25.1 Å². The third kappa shape index (κ3) is 1.81. The second-order valence-electron chi connectivity index (χ2n) is 5.29. The van der Waals surface area contributed by atoms with Gasteiger partial charge in [0.25, 0.3) is 0 Å². The molecule has 2 atom stereocenters. The summed E-state index contributed by atoms with van der Waals surface area (Å²) in [5.74, 6) is 1.51. The van der Waals surface area contributed by atoms with Crippen molar-refractivity contribution in [1.29, 1.82) is 0 Å². The molecule has 1 saturated heterocycles. The number of methoxy groups -OCH3 is 1. The third-order valence-electron chi connectivity index (χ3n) is 3.93. The number of benzene rings is 1. The first-order chi connectivity index (χ1) is 9.57. The molecule has 0 aliphatic carbocycles. The van der Waals surface area contributed by atoms with Gasteiger partial charge in [0.15, 0.2) is 5.72 Å². The minimum absolute atomic E-state index is 0.0248. The Kier molecular flexibility index (Phi) is 2.85. The van der Waals surface area contributed by atoms with Crippen molar-refractivity contribution < 1.29 is 14.3 Å². The molecule has 2 heterocycles. The number of rotatable bonds is 3. The molecule has 2 bridgehead atoms. The molecular formula is C15H18N2O3. The SMILES string of the molecule is C=CCN1C(=O)NC2CC1(C)Oc1cc(OC)ccc12. The van der Waals surface area contributed by atoms with Gasteiger partial charge >= 0.3 is 6.03 Å². The smallest absolute Gasteiger partial charge is 0.321 e. The van der Waals surface area contributed by atoms with Crippen LogP contribution in [0.25, 0.3) is 0 Å². The number of urea groups is 1. The Balaban J connectivity index is 2.03. The molecule has 5 heteroatoms. The fourth-order valence-corrected chi connectivity index (χ4v) is 2.93. The Morgan fingerprint density at radius 2 is 2.45 bits per heavy atom. The van der Waals surface area contributed by atoms with Gasteiger partial charge in [0.2, 0.25) is 0 Å². The van der Waals surface area contributed by atoms with Gasteiger partial charge in [0.05, 0.1) is 13.2 Å². The summed E-state index contributed by atoms with van der Waals surface area (Å²) in [6.45, 7) is 6.09. The van der Waals surface area contributed by atoms with Crippen LogP contribution in [0.3, 0.4) is 0 Å². The summed E-state index contributed by atoms with van der Waals surface area (Å²) in [6, 6.07) is 5.55. The molecule has 20 heavy (non-hydrogen) atoms. The summed E-state index contributed by atoms with van der Waals surface area (Å²) in [5, 5.41) is 3.02. The highest BCUT2D eigenvalue weighted by atomic mass is 16.5. The summed E-state index contributed by atoms with van der Waals surface area (Å²) in [5.41, 5.74) is 0.343. The molecule has 0 saturated carbocycles. The van der Waals surface area contributed by atoms with E-state index in [4.69, 9.17) is 9.47 Å². The molecular weight excluding hydrogens is 256 g/mol. The summed E-state index contributed by atoms with van der Waals surface area (Å²) >= 11 is 0. The predicted octanol–water partition coefficient (Wildman–Crippen LogP) is 2.45. The van der Waals surface area contributed by atoms with E-state index in [2.05, 4.69) is 11.9 Å². The van der Waals surface area contributed by atoms with Crippen LogP contribution in [0.4, 0.5) is 4.79 Å². The van der Waals surface area contributed by atoms with Crippen LogP contribution in [0.2, 0.25) is 0 Å². The quantitative estimate of drug-likeness (QED) is 0.861. The summed E-state index contributed by atoms with van der Waals surface area (Å²) < 4.78 is 11.3. The molecule has 5 nitrogen and oxygen atoms in total. The fraction of sp³-hybridized carbons (Fsp3) is 0.400. The number of carbonyl (C=O) groups excluding carboxylic acids is 1. The number of hydrogen-bond donors (Lipinski definition) is 1. The maximum Gasteiger partial charge on any atom is 0.321 e. The van der Waals surface area contributed by atoms with E-state index in [1.54, 1.807) is 18.1 Å². The minimum atomic E-state index is -0.652. The summed E-state index contributed by atoms with van der Waals surface area (Å²) in [6.07, 6.45) is 2.42. The normalized spacial score (nSPS) is 27.2. The van der Waals surface area contributed by atoms with E-state index in [1.807, 2.05) is 25.1 Å². The molecule has 2 unspecified atom stereocenters. The zero-order valence-corrected chi connectivity index (χ0v) is 11.7. The van der Waals surface area contributed by atoms with E-state index in [0.717, 1.165) is 17.1 Å². The average Bonchev–Trinajstić information content (AvgIpc) is 2.42. The average molecular weight is 274 g/mol. The molecule has 2 aliphatic rings. The van der Waals surface area contributed by atoms with Crippen LogP contribution in [0, 0.1) is 0 Å². The molecule has 0 spiro atoms. The van der Waals surface area contributed by atoms with Gasteiger partial charge in [-0.1, -0.05) is 6.08 Å². The van der Waals surface area contributed by atoms with Crippen molar-refractivity contribution >= 4 is 6.03 Å². The molecule has 106 valence electrons. The standard InChI is InChI=1S/C15H18N2O3/c1-4-7-17-14(18)16-12-9-15(17,2)20-13-8-10(19-3)5-6-11(12)13/h4-6,8,12H,1,7,9H2,2-3H3,(H,16,18). The number of nitrogens with one attached hydrogen (secondary N) is 1. The number of ether oxygens (including phenoxy) is 2.